The van der Waals surface area contributed by atoms with Crippen molar-refractivity contribution in [2.45, 2.75) is 104 Å². The molecule has 0 aromatic heterocycles. The van der Waals surface area contributed by atoms with Gasteiger partial charge in [0.05, 0.1) is 18.7 Å². The van der Waals surface area contributed by atoms with Gasteiger partial charge in [0.1, 0.15) is 40.5 Å². The number of benzene rings is 2. The second kappa shape index (κ2) is 20.5. The van der Waals surface area contributed by atoms with Gasteiger partial charge in [-0.15, -0.1) is 0 Å². The zero-order chi connectivity index (χ0) is 39.2. The monoisotopic (exact) mass is 812 g/mol. The molecule has 14 heteroatoms. The van der Waals surface area contributed by atoms with Crippen LogP contribution in [0.1, 0.15) is 88.7 Å². The molecule has 12 nitrogen and oxygen atoms in total. The molecule has 2 amide bonds. The molecule has 2 aromatic rings. The summed E-state index contributed by atoms with van der Waals surface area (Å²) >= 11 is 8.17. The van der Waals surface area contributed by atoms with Crippen molar-refractivity contribution < 1.29 is 47.6 Å². The maximum atomic E-state index is 12.1. The van der Waals surface area contributed by atoms with Crippen LogP contribution in [-0.4, -0.2) is 97.2 Å². The summed E-state index contributed by atoms with van der Waals surface area (Å²) in [6.07, 6.45) is 2.57. The van der Waals surface area contributed by atoms with E-state index in [0.29, 0.717) is 50.3 Å². The molecule has 2 aliphatic heterocycles. The third-order valence-corrected chi connectivity index (χ3v) is 8.89. The van der Waals surface area contributed by atoms with Crippen LogP contribution in [-0.2, 0) is 18.9 Å². The van der Waals surface area contributed by atoms with Gasteiger partial charge in [0.25, 0.3) is 0 Å². The van der Waals surface area contributed by atoms with Crippen molar-refractivity contribution in [3.05, 3.63) is 57.6 Å². The van der Waals surface area contributed by atoms with Crippen molar-refractivity contribution in [3.63, 3.8) is 0 Å². The largest absolute Gasteiger partial charge is 0.489 e. The molecule has 0 N–H and O–H groups in total. The Morgan fingerprint density at radius 2 is 1.06 bits per heavy atom. The minimum Gasteiger partial charge on any atom is -0.489 e. The van der Waals surface area contributed by atoms with Crippen LogP contribution in [0.25, 0.3) is 0 Å². The molecule has 4 rings (SSSR count). The minimum atomic E-state index is -0.773. The number of likely N-dealkylation sites (tertiary alicyclic amines) is 2. The first kappa shape index (κ1) is 44.5. The highest BCUT2D eigenvalue weighted by Crippen LogP contribution is 2.31. The van der Waals surface area contributed by atoms with Crippen molar-refractivity contribution in [1.29, 1.82) is 0 Å². The smallest absolute Gasteiger partial charge is 0.410 e. The number of esters is 1. The molecule has 0 atom stereocenters. The number of aryl methyl sites for hydroxylation is 2. The van der Waals surface area contributed by atoms with E-state index >= 15 is 0 Å². The lowest BCUT2D eigenvalue weighted by atomic mass is 10.1. The van der Waals surface area contributed by atoms with Crippen molar-refractivity contribution in [2.24, 2.45) is 0 Å². The first-order chi connectivity index (χ1) is 24.2. The maximum Gasteiger partial charge on any atom is 0.410 e. The van der Waals surface area contributed by atoms with Crippen LogP contribution in [0.15, 0.2) is 40.9 Å². The number of methoxy groups -OCH3 is 2. The third kappa shape index (κ3) is 15.5. The highest BCUT2D eigenvalue weighted by molar-refractivity contribution is 9.10. The number of rotatable bonds is 5. The van der Waals surface area contributed by atoms with Crippen LogP contribution >= 0.6 is 27.5 Å². The standard InChI is InChI=1S/C19H27NO5.C17H24BrNO3.C2H3ClO2/c1-13-7-6-8-15(16(13)17(21)23-5)24-14-9-11-20(12-10-14)18(22)25-19(2,3)4;1-12-6-5-7-14(15(12)18)21-13-8-10-19(11-9-13)16(20)22-17(2,3)4;1-5-2(3)4/h6-8,14H,9-12H2,1-5H3;5-7,13H,8-11H2,1-4H3;1H3. The molecule has 0 saturated carbocycles. The van der Waals surface area contributed by atoms with E-state index in [1.807, 2.05) is 85.7 Å². The number of amides is 2. The number of hydrogen-bond acceptors (Lipinski definition) is 10. The van der Waals surface area contributed by atoms with Gasteiger partial charge in [-0.3, -0.25) is 0 Å². The number of carbonyl (C=O) groups is 4. The predicted molar refractivity (Wildman–Crippen MR) is 203 cm³/mol. The van der Waals surface area contributed by atoms with Crippen LogP contribution in [0.4, 0.5) is 14.4 Å². The number of nitrogens with zero attached hydrogens (tertiary/aromatic N) is 2. The van der Waals surface area contributed by atoms with Crippen LogP contribution in [0, 0.1) is 13.8 Å². The molecule has 0 unspecified atom stereocenters. The Kier molecular flexibility index (Phi) is 17.5. The third-order valence-electron chi connectivity index (χ3n) is 7.72. The second-order valence-corrected chi connectivity index (χ2v) is 15.4. The fraction of sp³-hybridized carbons (Fsp3) is 0.579. The van der Waals surface area contributed by atoms with Gasteiger partial charge < -0.3 is 38.2 Å². The molecule has 0 bridgehead atoms. The Morgan fingerprint density at radius 1 is 0.673 bits per heavy atom. The molecule has 0 radical (unpaired) electrons. The van der Waals surface area contributed by atoms with Crippen LogP contribution < -0.4 is 9.47 Å². The van der Waals surface area contributed by atoms with E-state index in [-0.39, 0.29) is 24.4 Å². The van der Waals surface area contributed by atoms with Crippen LogP contribution in [0.2, 0.25) is 0 Å². The van der Waals surface area contributed by atoms with E-state index in [0.717, 1.165) is 34.2 Å². The lowest BCUT2D eigenvalue weighted by Gasteiger charge is -2.33. The Balaban J connectivity index is 0.000000321. The van der Waals surface area contributed by atoms with Gasteiger partial charge in [-0.05, 0) is 94.6 Å². The summed E-state index contributed by atoms with van der Waals surface area (Å²) in [5.74, 6) is 0.998. The Labute approximate surface area is 321 Å². The van der Waals surface area contributed by atoms with Crippen molar-refractivity contribution in [3.8, 4) is 11.5 Å². The number of piperidine rings is 2. The van der Waals surface area contributed by atoms with Crippen LogP contribution in [0.3, 0.4) is 0 Å². The number of hydrogen-bond donors (Lipinski definition) is 0. The molecule has 2 saturated heterocycles. The lowest BCUT2D eigenvalue weighted by molar-refractivity contribution is 0.0114. The number of carbonyl (C=O) groups excluding carboxylic acids is 4. The van der Waals surface area contributed by atoms with Gasteiger partial charge in [-0.2, -0.15) is 0 Å². The molecule has 2 aromatic carbocycles. The Hall–Kier alpha value is -3.71. The lowest BCUT2D eigenvalue weighted by Crippen LogP contribution is -2.44. The minimum absolute atomic E-state index is 0.0520. The maximum absolute atomic E-state index is 12.1. The summed E-state index contributed by atoms with van der Waals surface area (Å²) < 4.78 is 32.6. The molecule has 2 heterocycles. The number of ether oxygens (including phenoxy) is 6. The zero-order valence-corrected chi connectivity index (χ0v) is 34.4. The summed E-state index contributed by atoms with van der Waals surface area (Å²) in [7, 11) is 2.58. The molecule has 2 fully saturated rings. The van der Waals surface area contributed by atoms with Crippen molar-refractivity contribution >= 4 is 51.1 Å². The molecular weight excluding hydrogens is 760 g/mol. The summed E-state index contributed by atoms with van der Waals surface area (Å²) in [4.78, 5) is 49.0. The molecule has 0 aliphatic carbocycles. The van der Waals surface area contributed by atoms with Crippen LogP contribution in [0.5, 0.6) is 11.5 Å². The molecular formula is C38H54BrClN2O10. The highest BCUT2D eigenvalue weighted by Gasteiger charge is 2.30. The SMILES string of the molecule is COC(=O)Cl.COC(=O)c1c(C)cccc1OC1CCN(C(=O)OC(C)(C)C)CC1.Cc1cccc(OC2CCN(C(=O)OC(C)(C)C)CC2)c1Br. The average molecular weight is 814 g/mol. The number of halogens is 2. The van der Waals surface area contributed by atoms with E-state index in [9.17, 15) is 19.2 Å². The Bertz CT molecular complexity index is 1490. The topological polar surface area (TPSA) is 130 Å². The van der Waals surface area contributed by atoms with E-state index < -0.39 is 22.6 Å². The highest BCUT2D eigenvalue weighted by atomic mass is 79.9. The van der Waals surface area contributed by atoms with E-state index in [1.54, 1.807) is 15.9 Å². The van der Waals surface area contributed by atoms with Gasteiger partial charge in [0.15, 0.2) is 0 Å². The zero-order valence-electron chi connectivity index (χ0n) is 32.0. The quantitative estimate of drug-likeness (QED) is 0.164. The fourth-order valence-corrected chi connectivity index (χ4v) is 5.50. The van der Waals surface area contributed by atoms with Gasteiger partial charge in [-0.1, -0.05) is 24.3 Å². The van der Waals surface area contributed by atoms with E-state index in [2.05, 4.69) is 32.3 Å². The first-order valence-corrected chi connectivity index (χ1v) is 18.4. The summed E-state index contributed by atoms with van der Waals surface area (Å²) in [5, 5.41) is 0. The van der Waals surface area contributed by atoms with Crippen molar-refractivity contribution in [1.82, 2.24) is 9.80 Å². The van der Waals surface area contributed by atoms with Gasteiger partial charge >= 0.3 is 23.6 Å². The molecule has 52 heavy (non-hydrogen) atoms. The van der Waals surface area contributed by atoms with Gasteiger partial charge in [0.2, 0.25) is 0 Å². The summed E-state index contributed by atoms with van der Waals surface area (Å²) in [5.41, 5.74) is 0.710. The predicted octanol–water partition coefficient (Wildman–Crippen LogP) is 9.09. The summed E-state index contributed by atoms with van der Waals surface area (Å²) in [6.45, 7) is 17.6. The first-order valence-electron chi connectivity index (χ1n) is 17.2. The van der Waals surface area contributed by atoms with E-state index in [1.165, 1.54) is 14.2 Å². The molecule has 2 aliphatic rings. The molecule has 290 valence electrons. The normalized spacial score (nSPS) is 15.2. The molecule has 0 spiro atoms. The van der Waals surface area contributed by atoms with Gasteiger partial charge in [0, 0.05) is 63.5 Å². The van der Waals surface area contributed by atoms with E-state index in [4.69, 9.17) is 23.7 Å². The fourth-order valence-electron chi connectivity index (χ4n) is 5.14. The average Bonchev–Trinajstić information content (AvgIpc) is 3.06. The second-order valence-electron chi connectivity index (χ2n) is 14.3. The van der Waals surface area contributed by atoms with Crippen molar-refractivity contribution in [2.75, 3.05) is 40.4 Å². The Morgan fingerprint density at radius 3 is 1.44 bits per heavy atom. The summed E-state index contributed by atoms with van der Waals surface area (Å²) in [6, 6.07) is 11.5. The van der Waals surface area contributed by atoms with Gasteiger partial charge in [-0.25, -0.2) is 19.2 Å².